The molecule has 0 bridgehead atoms. The molecule has 1 nitrogen and oxygen atoms in total. The number of carbonyl (C=O) groups is 1. The average Bonchev–Trinajstić information content (AvgIpc) is 2.74. The van der Waals surface area contributed by atoms with Gasteiger partial charge in [0, 0.05) is 12.0 Å². The van der Waals surface area contributed by atoms with E-state index in [-0.39, 0.29) is 5.78 Å². The topological polar surface area (TPSA) is 17.1 Å². The molecule has 0 radical (unpaired) electrons. The highest BCUT2D eigenvalue weighted by Gasteiger charge is 2.12. The van der Waals surface area contributed by atoms with Gasteiger partial charge in [0.25, 0.3) is 0 Å². The molecule has 0 N–H and O–H groups in total. The molecule has 2 aromatic rings. The third kappa shape index (κ3) is 2.34. The lowest BCUT2D eigenvalue weighted by atomic mass is 10.0. The highest BCUT2D eigenvalue weighted by Crippen LogP contribution is 2.22. The van der Waals surface area contributed by atoms with Gasteiger partial charge in [0.05, 0.1) is 5.02 Å². The number of hydrogen-bond acceptors (Lipinski definition) is 2. The van der Waals surface area contributed by atoms with Crippen molar-refractivity contribution in [1.82, 2.24) is 0 Å². The van der Waals surface area contributed by atoms with Gasteiger partial charge in [-0.1, -0.05) is 23.7 Å². The summed E-state index contributed by atoms with van der Waals surface area (Å²) < 4.78 is 0. The number of benzene rings is 1. The predicted molar refractivity (Wildman–Crippen MR) is 68.5 cm³/mol. The molecule has 2 rings (SSSR count). The number of rotatable bonds is 3. The van der Waals surface area contributed by atoms with E-state index in [1.165, 1.54) is 0 Å². The lowest BCUT2D eigenvalue weighted by Crippen LogP contribution is -2.04. The zero-order valence-corrected chi connectivity index (χ0v) is 10.4. The van der Waals surface area contributed by atoms with E-state index in [0.29, 0.717) is 17.0 Å². The van der Waals surface area contributed by atoms with Gasteiger partial charge in [-0.2, -0.15) is 11.3 Å². The van der Waals surface area contributed by atoms with E-state index in [1.807, 2.05) is 35.9 Å². The molecule has 0 amide bonds. The first-order chi connectivity index (χ1) is 7.68. The van der Waals surface area contributed by atoms with Gasteiger partial charge >= 0.3 is 0 Å². The molecule has 0 saturated heterocycles. The monoisotopic (exact) mass is 250 g/mol. The van der Waals surface area contributed by atoms with Crippen molar-refractivity contribution in [2.75, 3.05) is 0 Å². The van der Waals surface area contributed by atoms with Gasteiger partial charge in [-0.05, 0) is 40.9 Å². The minimum Gasteiger partial charge on any atom is -0.294 e. The Bertz CT molecular complexity index is 503. The SMILES string of the molecule is Cc1cccc(C(=O)Cc2ccsc2)c1Cl. The van der Waals surface area contributed by atoms with Crippen molar-refractivity contribution in [3.8, 4) is 0 Å². The summed E-state index contributed by atoms with van der Waals surface area (Å²) in [5.74, 6) is 0.0760. The lowest BCUT2D eigenvalue weighted by molar-refractivity contribution is 0.0993. The van der Waals surface area contributed by atoms with E-state index in [0.717, 1.165) is 11.1 Å². The summed E-state index contributed by atoms with van der Waals surface area (Å²) in [6.07, 6.45) is 0.423. The van der Waals surface area contributed by atoms with Crippen molar-refractivity contribution in [3.05, 3.63) is 56.7 Å². The summed E-state index contributed by atoms with van der Waals surface area (Å²) in [6.45, 7) is 1.91. The number of thiophene rings is 1. The van der Waals surface area contributed by atoms with Gasteiger partial charge < -0.3 is 0 Å². The first-order valence-electron chi connectivity index (χ1n) is 4.98. The Hall–Kier alpha value is -1.12. The molecule has 0 aliphatic rings. The first kappa shape index (κ1) is 11.4. The van der Waals surface area contributed by atoms with Crippen LogP contribution in [-0.4, -0.2) is 5.78 Å². The van der Waals surface area contributed by atoms with Crippen LogP contribution in [0, 0.1) is 6.92 Å². The normalized spacial score (nSPS) is 10.4. The second-order valence-corrected chi connectivity index (χ2v) is 4.83. The zero-order valence-electron chi connectivity index (χ0n) is 8.87. The molecule has 0 unspecified atom stereocenters. The number of hydrogen-bond donors (Lipinski definition) is 0. The van der Waals surface area contributed by atoms with Crippen LogP contribution in [-0.2, 0) is 6.42 Å². The van der Waals surface area contributed by atoms with Crippen LogP contribution in [0.2, 0.25) is 5.02 Å². The Balaban J connectivity index is 2.24. The maximum absolute atomic E-state index is 12.0. The van der Waals surface area contributed by atoms with E-state index in [1.54, 1.807) is 17.4 Å². The van der Waals surface area contributed by atoms with Crippen molar-refractivity contribution >= 4 is 28.7 Å². The van der Waals surface area contributed by atoms with Crippen LogP contribution in [0.5, 0.6) is 0 Å². The lowest BCUT2D eigenvalue weighted by Gasteiger charge is -2.04. The van der Waals surface area contributed by atoms with Crippen molar-refractivity contribution in [3.63, 3.8) is 0 Å². The van der Waals surface area contributed by atoms with E-state index in [2.05, 4.69) is 0 Å². The number of halogens is 1. The van der Waals surface area contributed by atoms with Crippen LogP contribution < -0.4 is 0 Å². The Kier molecular flexibility index (Phi) is 3.42. The fourth-order valence-corrected chi connectivity index (χ4v) is 2.44. The van der Waals surface area contributed by atoms with Crippen LogP contribution in [0.1, 0.15) is 21.5 Å². The van der Waals surface area contributed by atoms with Crippen molar-refractivity contribution in [1.29, 1.82) is 0 Å². The summed E-state index contributed by atoms with van der Waals surface area (Å²) in [7, 11) is 0. The van der Waals surface area contributed by atoms with Gasteiger partial charge in [-0.3, -0.25) is 4.79 Å². The molecule has 82 valence electrons. The fraction of sp³-hybridized carbons (Fsp3) is 0.154. The molecule has 0 atom stereocenters. The van der Waals surface area contributed by atoms with Crippen LogP contribution in [0.3, 0.4) is 0 Å². The second kappa shape index (κ2) is 4.81. The summed E-state index contributed by atoms with van der Waals surface area (Å²) in [4.78, 5) is 12.0. The van der Waals surface area contributed by atoms with Gasteiger partial charge in [0.2, 0.25) is 0 Å². The Morgan fingerprint density at radius 2 is 2.19 bits per heavy atom. The zero-order chi connectivity index (χ0) is 11.5. The molecule has 1 aromatic carbocycles. The molecule has 16 heavy (non-hydrogen) atoms. The molecule has 1 heterocycles. The van der Waals surface area contributed by atoms with Gasteiger partial charge in [-0.25, -0.2) is 0 Å². The second-order valence-electron chi connectivity index (χ2n) is 3.67. The van der Waals surface area contributed by atoms with E-state index < -0.39 is 0 Å². The smallest absolute Gasteiger partial charge is 0.168 e. The Labute approximate surface area is 104 Å². The quantitative estimate of drug-likeness (QED) is 0.749. The third-order valence-electron chi connectivity index (χ3n) is 2.44. The molecule has 0 aliphatic carbocycles. The summed E-state index contributed by atoms with van der Waals surface area (Å²) in [5, 5.41) is 4.53. The summed E-state index contributed by atoms with van der Waals surface area (Å²) >= 11 is 7.71. The van der Waals surface area contributed by atoms with Gasteiger partial charge in [0.15, 0.2) is 5.78 Å². The van der Waals surface area contributed by atoms with Crippen molar-refractivity contribution in [2.45, 2.75) is 13.3 Å². The standard InChI is InChI=1S/C13H11ClOS/c1-9-3-2-4-11(13(9)14)12(15)7-10-5-6-16-8-10/h2-6,8H,7H2,1H3. The highest BCUT2D eigenvalue weighted by atomic mass is 35.5. The molecule has 0 aliphatic heterocycles. The predicted octanol–water partition coefficient (Wildman–Crippen LogP) is 4.14. The average molecular weight is 251 g/mol. The Morgan fingerprint density at radius 3 is 2.88 bits per heavy atom. The third-order valence-corrected chi connectivity index (χ3v) is 3.67. The van der Waals surface area contributed by atoms with Crippen LogP contribution in [0.15, 0.2) is 35.0 Å². The largest absolute Gasteiger partial charge is 0.294 e. The number of aryl methyl sites for hydroxylation is 1. The number of carbonyl (C=O) groups excluding carboxylic acids is 1. The molecule has 1 aromatic heterocycles. The Morgan fingerprint density at radius 1 is 1.38 bits per heavy atom. The maximum Gasteiger partial charge on any atom is 0.168 e. The molecular formula is C13H11ClOS. The van der Waals surface area contributed by atoms with Crippen LogP contribution in [0.25, 0.3) is 0 Å². The molecular weight excluding hydrogens is 240 g/mol. The van der Waals surface area contributed by atoms with Crippen molar-refractivity contribution < 1.29 is 4.79 Å². The molecule has 3 heteroatoms. The van der Waals surface area contributed by atoms with Crippen LogP contribution in [0.4, 0.5) is 0 Å². The minimum atomic E-state index is 0.0760. The first-order valence-corrected chi connectivity index (χ1v) is 6.30. The van der Waals surface area contributed by atoms with Crippen LogP contribution >= 0.6 is 22.9 Å². The number of Topliss-reactive ketones (excluding diaryl/α,β-unsaturated/α-hetero) is 1. The molecule has 0 saturated carbocycles. The van der Waals surface area contributed by atoms with Crippen molar-refractivity contribution in [2.24, 2.45) is 0 Å². The van der Waals surface area contributed by atoms with E-state index >= 15 is 0 Å². The summed E-state index contributed by atoms with van der Waals surface area (Å²) in [6, 6.07) is 7.52. The van der Waals surface area contributed by atoms with Gasteiger partial charge in [0.1, 0.15) is 0 Å². The molecule has 0 spiro atoms. The fourth-order valence-electron chi connectivity index (χ4n) is 1.54. The van der Waals surface area contributed by atoms with Gasteiger partial charge in [-0.15, -0.1) is 0 Å². The number of ketones is 1. The highest BCUT2D eigenvalue weighted by molar-refractivity contribution is 7.08. The molecule has 0 fully saturated rings. The summed E-state index contributed by atoms with van der Waals surface area (Å²) in [5.41, 5.74) is 2.61. The van der Waals surface area contributed by atoms with E-state index in [9.17, 15) is 4.79 Å². The minimum absolute atomic E-state index is 0.0760. The maximum atomic E-state index is 12.0. The van der Waals surface area contributed by atoms with E-state index in [4.69, 9.17) is 11.6 Å².